The van der Waals surface area contributed by atoms with Crippen molar-refractivity contribution in [3.63, 3.8) is 0 Å². The van der Waals surface area contributed by atoms with Crippen molar-refractivity contribution in [3.8, 4) is 5.75 Å². The summed E-state index contributed by atoms with van der Waals surface area (Å²) in [6.45, 7) is -0.175. The standard InChI is InChI=1S/C21H18F3NO6S2/c1-32(26,27)13-12-30-18-9-6-16(7-10-18)20(21(22,23)24)25-31-33(28,29)19-11-8-15-4-2-3-5-17(15)14-19/h2-11,14H,12-13H2,1H3/b25-20+. The molecule has 12 heteroatoms. The Kier molecular flexibility index (Phi) is 6.98. The first-order valence-electron chi connectivity index (χ1n) is 9.34. The normalized spacial score (nSPS) is 13.2. The van der Waals surface area contributed by atoms with Crippen LogP contribution in [0, 0.1) is 0 Å². The maximum absolute atomic E-state index is 13.5. The number of alkyl halides is 3. The molecule has 0 N–H and O–H groups in total. The van der Waals surface area contributed by atoms with Gasteiger partial charge in [-0.1, -0.05) is 35.5 Å². The van der Waals surface area contributed by atoms with Crippen LogP contribution in [0.1, 0.15) is 5.56 Å². The van der Waals surface area contributed by atoms with E-state index in [0.29, 0.717) is 5.39 Å². The lowest BCUT2D eigenvalue weighted by Gasteiger charge is -2.12. The summed E-state index contributed by atoms with van der Waals surface area (Å²) in [5.41, 5.74) is -2.03. The van der Waals surface area contributed by atoms with E-state index in [2.05, 4.69) is 9.44 Å². The number of hydrogen-bond donors (Lipinski definition) is 0. The van der Waals surface area contributed by atoms with Crippen LogP contribution in [-0.2, 0) is 24.2 Å². The van der Waals surface area contributed by atoms with Crippen LogP contribution in [0.5, 0.6) is 5.75 Å². The lowest BCUT2D eigenvalue weighted by Crippen LogP contribution is -2.25. The minimum atomic E-state index is -5.02. The van der Waals surface area contributed by atoms with Crippen molar-refractivity contribution in [3.05, 3.63) is 72.3 Å². The van der Waals surface area contributed by atoms with Crippen LogP contribution in [0.4, 0.5) is 13.2 Å². The second-order valence-corrected chi connectivity index (χ2v) is 10.8. The minimum Gasteiger partial charge on any atom is -0.493 e. The molecule has 0 radical (unpaired) electrons. The summed E-state index contributed by atoms with van der Waals surface area (Å²) in [5, 5.41) is 4.21. The van der Waals surface area contributed by atoms with Gasteiger partial charge in [-0.05, 0) is 47.2 Å². The summed E-state index contributed by atoms with van der Waals surface area (Å²) in [4.78, 5) is -0.346. The van der Waals surface area contributed by atoms with Crippen LogP contribution in [0.15, 0.2) is 76.8 Å². The summed E-state index contributed by atoms with van der Waals surface area (Å²) in [5.74, 6) is -0.126. The second-order valence-electron chi connectivity index (χ2n) is 6.98. The zero-order chi connectivity index (χ0) is 24.3. The molecule has 0 fully saturated rings. The molecule has 3 aromatic carbocycles. The number of hydrogen-bond acceptors (Lipinski definition) is 7. The van der Waals surface area contributed by atoms with Gasteiger partial charge in [-0.15, -0.1) is 0 Å². The van der Waals surface area contributed by atoms with E-state index in [4.69, 9.17) is 4.74 Å². The second kappa shape index (κ2) is 9.40. The first kappa shape index (κ1) is 24.5. The van der Waals surface area contributed by atoms with Crippen molar-refractivity contribution in [1.82, 2.24) is 0 Å². The van der Waals surface area contributed by atoms with Gasteiger partial charge in [0.15, 0.2) is 15.5 Å². The van der Waals surface area contributed by atoms with Gasteiger partial charge in [0.1, 0.15) is 17.3 Å². The van der Waals surface area contributed by atoms with Crippen molar-refractivity contribution in [2.75, 3.05) is 18.6 Å². The molecule has 0 atom stereocenters. The highest BCUT2D eigenvalue weighted by atomic mass is 32.2. The molecule has 0 aliphatic heterocycles. The summed E-state index contributed by atoms with van der Waals surface area (Å²) in [7, 11) is -7.88. The average molecular weight is 502 g/mol. The number of rotatable bonds is 8. The average Bonchev–Trinajstić information content (AvgIpc) is 2.72. The number of halogens is 3. The molecule has 7 nitrogen and oxygen atoms in total. The zero-order valence-corrected chi connectivity index (χ0v) is 18.7. The number of sulfone groups is 1. The highest BCUT2D eigenvalue weighted by Gasteiger charge is 2.38. The van der Waals surface area contributed by atoms with Crippen LogP contribution < -0.4 is 4.74 Å². The lowest BCUT2D eigenvalue weighted by atomic mass is 10.1. The van der Waals surface area contributed by atoms with Crippen LogP contribution in [0.25, 0.3) is 10.8 Å². The van der Waals surface area contributed by atoms with Crippen LogP contribution in [0.3, 0.4) is 0 Å². The SMILES string of the molecule is CS(=O)(=O)CCOc1ccc(/C(=N\OS(=O)(=O)c2ccc3ccccc3c2)C(F)(F)F)cc1. The Bertz CT molecular complexity index is 1380. The lowest BCUT2D eigenvalue weighted by molar-refractivity contribution is -0.0597. The summed E-state index contributed by atoms with van der Waals surface area (Å²) in [6.07, 6.45) is -3.99. The third kappa shape index (κ3) is 6.68. The molecule has 0 aliphatic carbocycles. The van der Waals surface area contributed by atoms with Crippen molar-refractivity contribution >= 4 is 36.4 Å². The maximum atomic E-state index is 13.5. The largest absolute Gasteiger partial charge is 0.493 e. The maximum Gasteiger partial charge on any atom is 0.437 e. The Balaban J connectivity index is 1.82. The van der Waals surface area contributed by atoms with Gasteiger partial charge >= 0.3 is 16.3 Å². The highest BCUT2D eigenvalue weighted by molar-refractivity contribution is 7.90. The van der Waals surface area contributed by atoms with Crippen molar-refractivity contribution in [2.24, 2.45) is 5.16 Å². The summed E-state index contributed by atoms with van der Waals surface area (Å²) in [6, 6.07) is 15.2. The van der Waals surface area contributed by atoms with Crippen LogP contribution in [0.2, 0.25) is 0 Å². The van der Waals surface area contributed by atoms with Gasteiger partial charge in [0.05, 0.1) is 5.75 Å². The van der Waals surface area contributed by atoms with Gasteiger partial charge in [-0.25, -0.2) is 8.42 Å². The third-order valence-corrected chi connectivity index (χ3v) is 6.37. The van der Waals surface area contributed by atoms with Gasteiger partial charge in [0, 0.05) is 11.8 Å². The van der Waals surface area contributed by atoms with Gasteiger partial charge in [-0.2, -0.15) is 21.6 Å². The molecule has 3 aromatic rings. The van der Waals surface area contributed by atoms with E-state index >= 15 is 0 Å². The number of ether oxygens (including phenoxy) is 1. The van der Waals surface area contributed by atoms with Gasteiger partial charge in [-0.3, -0.25) is 4.28 Å². The molecule has 176 valence electrons. The van der Waals surface area contributed by atoms with Crippen LogP contribution in [-0.4, -0.2) is 47.3 Å². The topological polar surface area (TPSA) is 99.1 Å². The Hall–Kier alpha value is -3.12. The molecule has 0 saturated heterocycles. The first-order chi connectivity index (χ1) is 15.4. The zero-order valence-electron chi connectivity index (χ0n) is 17.1. The predicted octanol–water partition coefficient (Wildman–Crippen LogP) is 3.94. The van der Waals surface area contributed by atoms with E-state index in [1.165, 1.54) is 30.3 Å². The summed E-state index contributed by atoms with van der Waals surface area (Å²) < 4.78 is 97.2. The molecular weight excluding hydrogens is 483 g/mol. The third-order valence-electron chi connectivity index (χ3n) is 4.36. The van der Waals surface area contributed by atoms with E-state index in [1.807, 2.05) is 0 Å². The smallest absolute Gasteiger partial charge is 0.437 e. The molecule has 0 unspecified atom stereocenters. The number of oxime groups is 1. The quantitative estimate of drug-likeness (QED) is 0.343. The van der Waals surface area contributed by atoms with Crippen molar-refractivity contribution in [1.29, 1.82) is 0 Å². The fourth-order valence-corrected chi connectivity index (χ4v) is 3.89. The number of fused-ring (bicyclic) bond motifs is 1. The van der Waals surface area contributed by atoms with E-state index in [0.717, 1.165) is 23.8 Å². The molecular formula is C21H18F3NO6S2. The molecule has 0 aliphatic rings. The number of benzene rings is 3. The molecule has 0 aromatic heterocycles. The van der Waals surface area contributed by atoms with Crippen molar-refractivity contribution < 1.29 is 39.0 Å². The van der Waals surface area contributed by atoms with E-state index in [1.54, 1.807) is 24.3 Å². The molecule has 0 bridgehead atoms. The predicted molar refractivity (Wildman–Crippen MR) is 116 cm³/mol. The first-order valence-corrected chi connectivity index (χ1v) is 12.8. The van der Waals surface area contributed by atoms with Gasteiger partial charge in [0.2, 0.25) is 0 Å². The van der Waals surface area contributed by atoms with Gasteiger partial charge < -0.3 is 4.74 Å². The fourth-order valence-electron chi connectivity index (χ4n) is 2.74. The summed E-state index contributed by atoms with van der Waals surface area (Å²) >= 11 is 0. The fraction of sp³-hybridized carbons (Fsp3) is 0.190. The molecule has 3 rings (SSSR count). The Morgan fingerprint density at radius 2 is 1.55 bits per heavy atom. The molecule has 0 saturated carbocycles. The van der Waals surface area contributed by atoms with Crippen LogP contribution >= 0.6 is 0 Å². The Morgan fingerprint density at radius 3 is 2.15 bits per heavy atom. The molecule has 0 amide bonds. The van der Waals surface area contributed by atoms with Gasteiger partial charge in [0.25, 0.3) is 0 Å². The molecule has 0 heterocycles. The monoisotopic (exact) mass is 501 g/mol. The molecule has 33 heavy (non-hydrogen) atoms. The molecule has 0 spiro atoms. The van der Waals surface area contributed by atoms with E-state index < -0.39 is 37.4 Å². The Morgan fingerprint density at radius 1 is 0.909 bits per heavy atom. The Labute approximate surface area is 188 Å². The van der Waals surface area contributed by atoms with E-state index in [9.17, 15) is 30.0 Å². The minimum absolute atomic E-state index is 0.133. The van der Waals surface area contributed by atoms with Crippen molar-refractivity contribution in [2.45, 2.75) is 11.1 Å². The van der Waals surface area contributed by atoms with E-state index in [-0.39, 0.29) is 23.0 Å². The number of nitrogens with zero attached hydrogens (tertiary/aromatic N) is 1. The highest BCUT2D eigenvalue weighted by Crippen LogP contribution is 2.26.